The van der Waals surface area contributed by atoms with Gasteiger partial charge >= 0.3 is 0 Å². The highest BCUT2D eigenvalue weighted by molar-refractivity contribution is 7.88. The van der Waals surface area contributed by atoms with E-state index in [1.165, 1.54) is 31.1 Å². The Morgan fingerprint density at radius 3 is 2.64 bits per heavy atom. The molecule has 3 aliphatic rings. The maximum Gasteiger partial charge on any atom is 0.211 e. The molecule has 0 N–H and O–H groups in total. The van der Waals surface area contributed by atoms with Crippen molar-refractivity contribution in [3.63, 3.8) is 0 Å². The SMILES string of the molecule is Cc1nc([C@H]2CCCN(S(C)(=O)=O)C2)nc2c1CCCN2CC1CC1. The van der Waals surface area contributed by atoms with Gasteiger partial charge in [-0.3, -0.25) is 0 Å². The Morgan fingerprint density at radius 2 is 1.92 bits per heavy atom. The molecule has 1 saturated heterocycles. The van der Waals surface area contributed by atoms with Crippen LogP contribution in [0.3, 0.4) is 0 Å². The molecule has 138 valence electrons. The van der Waals surface area contributed by atoms with E-state index < -0.39 is 10.0 Å². The summed E-state index contributed by atoms with van der Waals surface area (Å²) in [4.78, 5) is 12.2. The minimum Gasteiger partial charge on any atom is -0.356 e. The second-order valence-corrected chi connectivity index (χ2v) is 9.90. The van der Waals surface area contributed by atoms with E-state index in [0.29, 0.717) is 13.1 Å². The second-order valence-electron chi connectivity index (χ2n) is 7.92. The maximum atomic E-state index is 11.9. The molecule has 6 nitrogen and oxygen atoms in total. The molecule has 1 atom stereocenters. The van der Waals surface area contributed by atoms with Crippen LogP contribution in [0.5, 0.6) is 0 Å². The van der Waals surface area contributed by atoms with Crippen LogP contribution in [0, 0.1) is 12.8 Å². The van der Waals surface area contributed by atoms with Gasteiger partial charge in [-0.1, -0.05) is 0 Å². The van der Waals surface area contributed by atoms with Gasteiger partial charge in [-0.05, 0) is 51.4 Å². The summed E-state index contributed by atoms with van der Waals surface area (Å²) in [6.45, 7) is 5.41. The van der Waals surface area contributed by atoms with Crippen LogP contribution in [0.1, 0.15) is 55.1 Å². The van der Waals surface area contributed by atoms with Crippen molar-refractivity contribution in [2.24, 2.45) is 5.92 Å². The van der Waals surface area contributed by atoms with E-state index in [-0.39, 0.29) is 5.92 Å². The first-order valence-electron chi connectivity index (χ1n) is 9.49. The molecule has 2 aliphatic heterocycles. The number of piperidine rings is 1. The minimum absolute atomic E-state index is 0.108. The van der Waals surface area contributed by atoms with Crippen LogP contribution < -0.4 is 4.90 Å². The molecule has 7 heteroatoms. The third-order valence-electron chi connectivity index (χ3n) is 5.76. The molecule has 1 aromatic heterocycles. The van der Waals surface area contributed by atoms with Gasteiger partial charge in [-0.15, -0.1) is 0 Å². The highest BCUT2D eigenvalue weighted by Gasteiger charge is 2.32. The Hall–Kier alpha value is -1.21. The van der Waals surface area contributed by atoms with Gasteiger partial charge in [0.2, 0.25) is 10.0 Å². The van der Waals surface area contributed by atoms with E-state index in [1.54, 1.807) is 4.31 Å². The van der Waals surface area contributed by atoms with Gasteiger partial charge in [0.15, 0.2) is 0 Å². The molecular formula is C18H28N4O2S. The molecule has 4 rings (SSSR count). The van der Waals surface area contributed by atoms with Crippen LogP contribution in [-0.4, -0.2) is 55.1 Å². The summed E-state index contributed by atoms with van der Waals surface area (Å²) >= 11 is 0. The fourth-order valence-electron chi connectivity index (χ4n) is 4.14. The third-order valence-corrected chi connectivity index (χ3v) is 7.03. The molecule has 3 heterocycles. The first-order valence-corrected chi connectivity index (χ1v) is 11.3. The van der Waals surface area contributed by atoms with Crippen molar-refractivity contribution in [3.05, 3.63) is 17.1 Å². The van der Waals surface area contributed by atoms with E-state index >= 15 is 0 Å². The number of hydrogen-bond donors (Lipinski definition) is 0. The summed E-state index contributed by atoms with van der Waals surface area (Å²) in [6, 6.07) is 0. The third kappa shape index (κ3) is 3.67. The molecule has 1 aromatic rings. The molecule has 0 aromatic carbocycles. The van der Waals surface area contributed by atoms with Gasteiger partial charge in [0.05, 0.1) is 6.26 Å². The number of fused-ring (bicyclic) bond motifs is 1. The number of anilines is 1. The second kappa shape index (κ2) is 6.50. The number of rotatable bonds is 4. The van der Waals surface area contributed by atoms with Crippen molar-refractivity contribution >= 4 is 15.8 Å². The molecule has 0 unspecified atom stereocenters. The van der Waals surface area contributed by atoms with Crippen molar-refractivity contribution in [1.29, 1.82) is 0 Å². The smallest absolute Gasteiger partial charge is 0.211 e. The van der Waals surface area contributed by atoms with E-state index in [0.717, 1.165) is 55.6 Å². The molecule has 0 amide bonds. The lowest BCUT2D eigenvalue weighted by Crippen LogP contribution is -2.39. The normalized spacial score (nSPS) is 25.0. The highest BCUT2D eigenvalue weighted by Crippen LogP contribution is 2.36. The van der Waals surface area contributed by atoms with E-state index in [1.807, 2.05) is 0 Å². The number of aryl methyl sites for hydroxylation is 1. The molecule has 0 radical (unpaired) electrons. The Kier molecular flexibility index (Phi) is 4.48. The Balaban J connectivity index is 1.63. The number of hydrogen-bond acceptors (Lipinski definition) is 5. The number of sulfonamides is 1. The standard InChI is InChI=1S/C18H28N4O2S/c1-13-16-6-4-9-21(11-14-7-8-14)18(16)20-17(19-13)15-5-3-10-22(12-15)25(2,23)24/h14-15H,3-12H2,1-2H3/t15-/m0/s1. The van der Waals surface area contributed by atoms with Crippen LogP contribution in [0.2, 0.25) is 0 Å². The van der Waals surface area contributed by atoms with E-state index in [9.17, 15) is 8.42 Å². The topological polar surface area (TPSA) is 66.4 Å². The molecule has 0 spiro atoms. The van der Waals surface area contributed by atoms with Crippen molar-refractivity contribution in [2.45, 2.75) is 51.4 Å². The molecule has 1 saturated carbocycles. The Morgan fingerprint density at radius 1 is 1.12 bits per heavy atom. The van der Waals surface area contributed by atoms with E-state index in [4.69, 9.17) is 9.97 Å². The highest BCUT2D eigenvalue weighted by atomic mass is 32.2. The average molecular weight is 365 g/mol. The fourth-order valence-corrected chi connectivity index (χ4v) is 5.05. The summed E-state index contributed by atoms with van der Waals surface area (Å²) in [5.74, 6) is 2.90. The fraction of sp³-hybridized carbons (Fsp3) is 0.778. The predicted octanol–water partition coefficient (Wildman–Crippen LogP) is 2.09. The minimum atomic E-state index is -3.15. The maximum absolute atomic E-state index is 11.9. The van der Waals surface area contributed by atoms with Crippen LogP contribution >= 0.6 is 0 Å². The van der Waals surface area contributed by atoms with Crippen molar-refractivity contribution in [3.8, 4) is 0 Å². The van der Waals surface area contributed by atoms with Gasteiger partial charge in [-0.2, -0.15) is 0 Å². The largest absolute Gasteiger partial charge is 0.356 e. The quantitative estimate of drug-likeness (QED) is 0.818. The summed E-state index contributed by atoms with van der Waals surface area (Å²) < 4.78 is 25.4. The molecule has 2 fully saturated rings. The molecular weight excluding hydrogens is 336 g/mol. The zero-order valence-corrected chi connectivity index (χ0v) is 16.1. The van der Waals surface area contributed by atoms with Crippen molar-refractivity contribution in [2.75, 3.05) is 37.3 Å². The van der Waals surface area contributed by atoms with E-state index in [2.05, 4.69) is 11.8 Å². The lowest BCUT2D eigenvalue weighted by molar-refractivity contribution is 0.310. The number of nitrogens with zero attached hydrogens (tertiary/aromatic N) is 4. The van der Waals surface area contributed by atoms with Gasteiger partial charge in [-0.25, -0.2) is 22.7 Å². The Labute approximate surface area is 150 Å². The summed E-state index contributed by atoms with van der Waals surface area (Å²) in [7, 11) is -3.15. The molecule has 1 aliphatic carbocycles. The summed E-state index contributed by atoms with van der Waals surface area (Å²) in [5, 5.41) is 0. The van der Waals surface area contributed by atoms with Gasteiger partial charge < -0.3 is 4.90 Å². The lowest BCUT2D eigenvalue weighted by Gasteiger charge is -2.34. The zero-order chi connectivity index (χ0) is 17.6. The van der Waals surface area contributed by atoms with Crippen LogP contribution in [0.25, 0.3) is 0 Å². The van der Waals surface area contributed by atoms with Gasteiger partial charge in [0.25, 0.3) is 0 Å². The van der Waals surface area contributed by atoms with Crippen molar-refractivity contribution < 1.29 is 8.42 Å². The first kappa shape index (κ1) is 17.2. The van der Waals surface area contributed by atoms with Crippen molar-refractivity contribution in [1.82, 2.24) is 14.3 Å². The zero-order valence-electron chi connectivity index (χ0n) is 15.2. The number of aromatic nitrogens is 2. The predicted molar refractivity (Wildman–Crippen MR) is 98.4 cm³/mol. The summed E-state index contributed by atoms with van der Waals surface area (Å²) in [6.07, 6.45) is 8.06. The van der Waals surface area contributed by atoms with Crippen LogP contribution in [0.4, 0.5) is 5.82 Å². The van der Waals surface area contributed by atoms with Gasteiger partial charge in [0, 0.05) is 43.4 Å². The Bertz CT molecular complexity index is 761. The van der Waals surface area contributed by atoms with Crippen LogP contribution in [0.15, 0.2) is 0 Å². The van der Waals surface area contributed by atoms with Gasteiger partial charge in [0.1, 0.15) is 11.6 Å². The molecule has 25 heavy (non-hydrogen) atoms. The van der Waals surface area contributed by atoms with Crippen LogP contribution in [-0.2, 0) is 16.4 Å². The first-order chi connectivity index (χ1) is 11.9. The molecule has 0 bridgehead atoms. The summed E-state index contributed by atoms with van der Waals surface area (Å²) in [5.41, 5.74) is 2.38. The average Bonchev–Trinajstić information content (AvgIpc) is 3.39. The lowest BCUT2D eigenvalue weighted by atomic mass is 9.97. The monoisotopic (exact) mass is 364 g/mol.